The summed E-state index contributed by atoms with van der Waals surface area (Å²) in [5, 5.41) is 76.4. The Kier molecular flexibility index (Phi) is 6.27. The number of aliphatic hydroxyl groups excluding tert-OH is 8. The van der Waals surface area contributed by atoms with Gasteiger partial charge in [0, 0.05) is 0 Å². The average molecular weight is 342 g/mol. The highest BCUT2D eigenvalue weighted by Gasteiger charge is 2.49. The van der Waals surface area contributed by atoms with Gasteiger partial charge in [0.1, 0.15) is 48.8 Å². The van der Waals surface area contributed by atoms with Gasteiger partial charge in [-0.25, -0.2) is 0 Å². The molecule has 0 aliphatic carbocycles. The molecule has 2 rings (SSSR count). The molecule has 2 saturated heterocycles. The third-order valence-corrected chi connectivity index (χ3v) is 3.97. The monoisotopic (exact) mass is 342 g/mol. The Morgan fingerprint density at radius 2 is 0.913 bits per heavy atom. The number of aliphatic hydroxyl groups is 8. The van der Waals surface area contributed by atoms with Crippen molar-refractivity contribution >= 4 is 0 Å². The van der Waals surface area contributed by atoms with Crippen LogP contribution >= 0.6 is 0 Å². The van der Waals surface area contributed by atoms with E-state index in [2.05, 4.69) is 0 Å². The Morgan fingerprint density at radius 1 is 0.565 bits per heavy atom. The largest absolute Gasteiger partial charge is 0.394 e. The standard InChI is InChI=1S/C12H22O11/c13-1-3-5(15)7(17)9(19)11(21-3)23-12-10(20)8(18)6(16)4(2-14)22-12/h3-20H,1-2H2/t3-,4+,5-,6+,7+,8-,9-,10-,11+,12-/m0/s1. The maximum atomic E-state index is 9.84. The fraction of sp³-hybridized carbons (Fsp3) is 1.00. The van der Waals surface area contributed by atoms with Gasteiger partial charge in [0.15, 0.2) is 12.6 Å². The van der Waals surface area contributed by atoms with Crippen LogP contribution in [0.25, 0.3) is 0 Å². The molecule has 11 heteroatoms. The number of ether oxygens (including phenoxy) is 3. The van der Waals surface area contributed by atoms with E-state index < -0.39 is 74.6 Å². The molecule has 23 heavy (non-hydrogen) atoms. The molecule has 0 aromatic heterocycles. The van der Waals surface area contributed by atoms with Gasteiger partial charge in [-0.15, -0.1) is 0 Å². The molecule has 2 aliphatic heterocycles. The van der Waals surface area contributed by atoms with Crippen molar-refractivity contribution < 1.29 is 55.1 Å². The molecule has 0 bridgehead atoms. The SMILES string of the molecule is OC[C@@H]1O[C@H](O[C@@H]2O[C@H](CO)[C@@H](O)[C@H](O)[C@@H]2O)[C@@H](O)[C@H](O)[C@H]1O. The van der Waals surface area contributed by atoms with Crippen molar-refractivity contribution in [1.29, 1.82) is 0 Å². The number of hydrogen-bond acceptors (Lipinski definition) is 11. The molecule has 0 radical (unpaired) electrons. The minimum atomic E-state index is -1.72. The highest BCUT2D eigenvalue weighted by Crippen LogP contribution is 2.27. The molecule has 10 atom stereocenters. The summed E-state index contributed by atoms with van der Waals surface area (Å²) in [6, 6.07) is 0. The van der Waals surface area contributed by atoms with Gasteiger partial charge in [-0.1, -0.05) is 0 Å². The van der Waals surface area contributed by atoms with E-state index in [0.29, 0.717) is 0 Å². The van der Waals surface area contributed by atoms with Crippen LogP contribution in [0.4, 0.5) is 0 Å². The smallest absolute Gasteiger partial charge is 0.189 e. The van der Waals surface area contributed by atoms with Crippen LogP contribution in [0.15, 0.2) is 0 Å². The number of hydrogen-bond donors (Lipinski definition) is 8. The minimum Gasteiger partial charge on any atom is -0.394 e. The summed E-state index contributed by atoms with van der Waals surface area (Å²) in [6.45, 7) is -1.33. The first-order valence-electron chi connectivity index (χ1n) is 7.08. The molecule has 0 aromatic carbocycles. The van der Waals surface area contributed by atoms with Crippen molar-refractivity contribution in [2.75, 3.05) is 13.2 Å². The van der Waals surface area contributed by atoms with E-state index in [1.165, 1.54) is 0 Å². The Hall–Kier alpha value is -0.440. The van der Waals surface area contributed by atoms with E-state index in [1.54, 1.807) is 0 Å². The predicted molar refractivity (Wildman–Crippen MR) is 68.6 cm³/mol. The highest BCUT2D eigenvalue weighted by molar-refractivity contribution is 4.92. The molecule has 0 spiro atoms. The molecule has 8 N–H and O–H groups in total. The summed E-state index contributed by atoms with van der Waals surface area (Å²) in [6.07, 6.45) is -15.6. The molecular formula is C12H22O11. The van der Waals surface area contributed by atoms with Gasteiger partial charge in [0.2, 0.25) is 0 Å². The van der Waals surface area contributed by atoms with E-state index in [1.807, 2.05) is 0 Å². The zero-order chi connectivity index (χ0) is 17.3. The van der Waals surface area contributed by atoms with E-state index in [4.69, 9.17) is 24.4 Å². The first kappa shape index (κ1) is 18.9. The topological polar surface area (TPSA) is 190 Å². The van der Waals surface area contributed by atoms with Crippen LogP contribution in [0, 0.1) is 0 Å². The lowest BCUT2D eigenvalue weighted by Gasteiger charge is -2.44. The summed E-state index contributed by atoms with van der Waals surface area (Å²) in [5.41, 5.74) is 0. The van der Waals surface area contributed by atoms with Crippen LogP contribution in [0.5, 0.6) is 0 Å². The Balaban J connectivity index is 2.07. The summed E-state index contributed by atoms with van der Waals surface area (Å²) in [5.74, 6) is 0. The van der Waals surface area contributed by atoms with Crippen molar-refractivity contribution in [2.24, 2.45) is 0 Å². The van der Waals surface area contributed by atoms with Crippen LogP contribution in [-0.4, -0.2) is 115 Å². The molecule has 2 aliphatic rings. The molecule has 0 unspecified atom stereocenters. The summed E-state index contributed by atoms with van der Waals surface area (Å²) in [7, 11) is 0. The zero-order valence-electron chi connectivity index (χ0n) is 12.0. The normalized spacial score (nSPS) is 51.7. The second-order valence-electron chi connectivity index (χ2n) is 5.53. The molecule has 0 aromatic rings. The van der Waals surface area contributed by atoms with Crippen molar-refractivity contribution in [2.45, 2.75) is 61.4 Å². The molecule has 136 valence electrons. The quantitative estimate of drug-likeness (QED) is 0.243. The van der Waals surface area contributed by atoms with E-state index >= 15 is 0 Å². The maximum absolute atomic E-state index is 9.84. The van der Waals surface area contributed by atoms with Crippen molar-refractivity contribution in [3.63, 3.8) is 0 Å². The molecule has 0 saturated carbocycles. The van der Waals surface area contributed by atoms with Gasteiger partial charge < -0.3 is 55.1 Å². The lowest BCUT2D eigenvalue weighted by atomic mass is 9.98. The first-order chi connectivity index (χ1) is 10.8. The molecule has 0 amide bonds. The van der Waals surface area contributed by atoms with Gasteiger partial charge in [0.25, 0.3) is 0 Å². The van der Waals surface area contributed by atoms with Gasteiger partial charge in [0.05, 0.1) is 13.2 Å². The third-order valence-electron chi connectivity index (χ3n) is 3.97. The van der Waals surface area contributed by atoms with Crippen molar-refractivity contribution in [3.05, 3.63) is 0 Å². The fourth-order valence-electron chi connectivity index (χ4n) is 2.49. The van der Waals surface area contributed by atoms with Gasteiger partial charge in [-0.3, -0.25) is 0 Å². The molecular weight excluding hydrogens is 320 g/mol. The summed E-state index contributed by atoms with van der Waals surface area (Å²) in [4.78, 5) is 0. The van der Waals surface area contributed by atoms with Crippen molar-refractivity contribution in [3.8, 4) is 0 Å². The highest BCUT2D eigenvalue weighted by atomic mass is 16.8. The maximum Gasteiger partial charge on any atom is 0.189 e. The van der Waals surface area contributed by atoms with E-state index in [-0.39, 0.29) is 0 Å². The van der Waals surface area contributed by atoms with Crippen LogP contribution in [-0.2, 0) is 14.2 Å². The average Bonchev–Trinajstić information content (AvgIpc) is 2.55. The van der Waals surface area contributed by atoms with E-state index in [0.717, 1.165) is 0 Å². The minimum absolute atomic E-state index is 0.667. The van der Waals surface area contributed by atoms with Gasteiger partial charge >= 0.3 is 0 Å². The summed E-state index contributed by atoms with van der Waals surface area (Å²) >= 11 is 0. The second kappa shape index (κ2) is 7.63. The predicted octanol–water partition coefficient (Wildman–Crippen LogP) is -5.40. The van der Waals surface area contributed by atoms with Crippen molar-refractivity contribution in [1.82, 2.24) is 0 Å². The Morgan fingerprint density at radius 3 is 1.22 bits per heavy atom. The Bertz CT molecular complexity index is 344. The third kappa shape index (κ3) is 3.65. The molecule has 2 fully saturated rings. The lowest BCUT2D eigenvalue weighted by Crippen LogP contribution is -2.63. The second-order valence-corrected chi connectivity index (χ2v) is 5.53. The molecule has 2 heterocycles. The molecule has 11 nitrogen and oxygen atoms in total. The first-order valence-corrected chi connectivity index (χ1v) is 7.08. The van der Waals surface area contributed by atoms with Crippen LogP contribution < -0.4 is 0 Å². The zero-order valence-corrected chi connectivity index (χ0v) is 12.0. The fourth-order valence-corrected chi connectivity index (χ4v) is 2.49. The van der Waals surface area contributed by atoms with Crippen LogP contribution in [0.3, 0.4) is 0 Å². The summed E-state index contributed by atoms with van der Waals surface area (Å²) < 4.78 is 15.3. The lowest BCUT2D eigenvalue weighted by molar-refractivity contribution is -0.376. The van der Waals surface area contributed by atoms with Crippen LogP contribution in [0.1, 0.15) is 0 Å². The van der Waals surface area contributed by atoms with Crippen LogP contribution in [0.2, 0.25) is 0 Å². The Labute approximate surface area is 130 Å². The van der Waals surface area contributed by atoms with Gasteiger partial charge in [-0.05, 0) is 0 Å². The van der Waals surface area contributed by atoms with Gasteiger partial charge in [-0.2, -0.15) is 0 Å². The van der Waals surface area contributed by atoms with E-state index in [9.17, 15) is 30.6 Å². The number of rotatable bonds is 4.